The number of likely N-dealkylation sites (N-methyl/N-ethyl adjacent to an activating group) is 1. The van der Waals surface area contributed by atoms with Crippen LogP contribution in [-0.4, -0.2) is 50.5 Å². The van der Waals surface area contributed by atoms with Crippen LogP contribution in [0.4, 0.5) is 11.4 Å². The fourth-order valence-corrected chi connectivity index (χ4v) is 4.81. The second-order valence-corrected chi connectivity index (χ2v) is 8.33. The lowest BCUT2D eigenvalue weighted by Gasteiger charge is -2.41. The minimum absolute atomic E-state index is 0.0690. The molecule has 0 fully saturated rings. The van der Waals surface area contributed by atoms with Crippen LogP contribution in [0.15, 0.2) is 57.9 Å². The zero-order valence-electron chi connectivity index (χ0n) is 16.8. The van der Waals surface area contributed by atoms with E-state index in [-0.39, 0.29) is 5.69 Å². The third-order valence-electron chi connectivity index (χ3n) is 4.98. The number of sulfonamides is 1. The first-order valence-corrected chi connectivity index (χ1v) is 10.8. The molecule has 0 N–H and O–H groups in total. The van der Waals surface area contributed by atoms with Crippen molar-refractivity contribution in [1.82, 2.24) is 4.90 Å². The Morgan fingerprint density at radius 3 is 2.20 bits per heavy atom. The number of rotatable bonds is 7. The second kappa shape index (κ2) is 8.23. The van der Waals surface area contributed by atoms with E-state index in [0.29, 0.717) is 35.9 Å². The van der Waals surface area contributed by atoms with E-state index in [9.17, 15) is 18.5 Å². The number of hydrogen-bond donors (Lipinski definition) is 0. The molecule has 30 heavy (non-hydrogen) atoms. The van der Waals surface area contributed by atoms with Crippen molar-refractivity contribution in [2.45, 2.75) is 18.6 Å². The Bertz CT molecular complexity index is 1090. The van der Waals surface area contributed by atoms with Gasteiger partial charge in [-0.05, 0) is 43.7 Å². The molecule has 1 aliphatic rings. The molecule has 2 aromatic rings. The summed E-state index contributed by atoms with van der Waals surface area (Å²) in [7, 11) is -2.38. The molecule has 1 aliphatic heterocycles. The Morgan fingerprint density at radius 2 is 1.73 bits per heavy atom. The summed E-state index contributed by atoms with van der Waals surface area (Å²) in [5.41, 5.74) is 0.820. The Hall–Kier alpha value is -3.27. The third-order valence-corrected chi connectivity index (χ3v) is 6.73. The molecule has 9 nitrogen and oxygen atoms in total. The van der Waals surface area contributed by atoms with Crippen molar-refractivity contribution < 1.29 is 18.1 Å². The van der Waals surface area contributed by atoms with E-state index in [4.69, 9.17) is 4.74 Å². The van der Waals surface area contributed by atoms with Crippen LogP contribution < -0.4 is 4.74 Å². The van der Waals surface area contributed by atoms with Gasteiger partial charge in [-0.15, -0.1) is 4.40 Å². The Kier molecular flexibility index (Phi) is 5.88. The molecule has 0 aromatic heterocycles. The molecule has 10 heteroatoms. The molecular weight excluding hydrogens is 408 g/mol. The number of non-ortho nitro benzene ring substituents is 1. The van der Waals surface area contributed by atoms with Crippen molar-refractivity contribution in [3.63, 3.8) is 0 Å². The highest BCUT2D eigenvalue weighted by Gasteiger charge is 2.58. The molecule has 1 unspecified atom stereocenters. The zero-order chi connectivity index (χ0) is 21.9. The Labute approximate surface area is 174 Å². The molecule has 1 atom stereocenters. The lowest BCUT2D eigenvalue weighted by molar-refractivity contribution is -0.384. The van der Waals surface area contributed by atoms with Crippen molar-refractivity contribution in [1.29, 1.82) is 0 Å². The maximum Gasteiger partial charge on any atom is 0.277 e. The number of benzene rings is 2. The maximum atomic E-state index is 13.0. The predicted octanol–water partition coefficient (Wildman–Crippen LogP) is 3.28. The molecular formula is C20H22N4O5S. The number of ether oxygens (including phenoxy) is 1. The Morgan fingerprint density at radius 1 is 1.13 bits per heavy atom. The molecule has 0 bridgehead atoms. The SMILES string of the molecule is CCN(CC)C1=NS(=O)(=O)C1(C=Nc1ccc([N+](=O)[O-])cc1)c1ccc(OC)cc1. The fraction of sp³-hybridized carbons (Fsp3) is 0.300. The number of nitro benzene ring substituents is 1. The standard InChI is InChI=1S/C20H22N4O5S/c1-4-23(5-2)19-20(30(27,28)22-19,15-6-12-18(29-3)13-7-15)14-21-16-8-10-17(11-9-16)24(25)26/h6-14H,4-5H2,1-3H3. The number of nitrogens with zero attached hydrogens (tertiary/aromatic N) is 4. The summed E-state index contributed by atoms with van der Waals surface area (Å²) in [5, 5.41) is 10.8. The topological polar surface area (TPSA) is 114 Å². The van der Waals surface area contributed by atoms with Gasteiger partial charge in [0.2, 0.25) is 4.75 Å². The third kappa shape index (κ3) is 3.54. The monoisotopic (exact) mass is 430 g/mol. The van der Waals surface area contributed by atoms with Crippen molar-refractivity contribution in [3.05, 3.63) is 64.2 Å². The van der Waals surface area contributed by atoms with Crippen molar-refractivity contribution in [3.8, 4) is 5.75 Å². The highest BCUT2D eigenvalue weighted by Crippen LogP contribution is 2.42. The van der Waals surface area contributed by atoms with Gasteiger partial charge in [-0.2, -0.15) is 0 Å². The van der Waals surface area contributed by atoms with Gasteiger partial charge in [0.25, 0.3) is 15.7 Å². The first kappa shape index (κ1) is 21.4. The van der Waals surface area contributed by atoms with Gasteiger partial charge in [0.05, 0.1) is 17.7 Å². The summed E-state index contributed by atoms with van der Waals surface area (Å²) in [4.78, 5) is 16.6. The highest BCUT2D eigenvalue weighted by atomic mass is 32.2. The molecule has 0 aliphatic carbocycles. The molecule has 158 valence electrons. The molecule has 0 spiro atoms. The van der Waals surface area contributed by atoms with Crippen LogP contribution >= 0.6 is 0 Å². The molecule has 0 saturated carbocycles. The van der Waals surface area contributed by atoms with Crippen LogP contribution in [0.25, 0.3) is 0 Å². The normalized spacial score (nSPS) is 19.8. The minimum Gasteiger partial charge on any atom is -0.497 e. The van der Waals surface area contributed by atoms with E-state index >= 15 is 0 Å². The van der Waals surface area contributed by atoms with Crippen LogP contribution in [-0.2, 0) is 14.8 Å². The Balaban J connectivity index is 2.12. The zero-order valence-corrected chi connectivity index (χ0v) is 17.7. The van der Waals surface area contributed by atoms with Gasteiger partial charge < -0.3 is 9.64 Å². The maximum absolute atomic E-state index is 13.0. The number of nitro groups is 1. The van der Waals surface area contributed by atoms with Crippen molar-refractivity contribution in [2.75, 3.05) is 20.2 Å². The smallest absolute Gasteiger partial charge is 0.277 e. The summed E-state index contributed by atoms with van der Waals surface area (Å²) >= 11 is 0. The van der Waals surface area contributed by atoms with E-state index in [0.717, 1.165) is 0 Å². The van der Waals surface area contributed by atoms with Crippen LogP contribution in [0.1, 0.15) is 19.4 Å². The fourth-order valence-electron chi connectivity index (χ4n) is 3.29. The lowest BCUT2D eigenvalue weighted by Crippen LogP contribution is -2.59. The summed E-state index contributed by atoms with van der Waals surface area (Å²) in [6, 6.07) is 12.3. The van der Waals surface area contributed by atoms with E-state index in [2.05, 4.69) is 9.39 Å². The van der Waals surface area contributed by atoms with Gasteiger partial charge in [-0.25, -0.2) is 8.42 Å². The van der Waals surface area contributed by atoms with Gasteiger partial charge in [0.15, 0.2) is 5.84 Å². The number of amidine groups is 1. The largest absolute Gasteiger partial charge is 0.497 e. The first-order chi connectivity index (χ1) is 14.3. The van der Waals surface area contributed by atoms with Crippen molar-refractivity contribution >= 4 is 33.4 Å². The summed E-state index contributed by atoms with van der Waals surface area (Å²) in [5.74, 6) is 0.989. The van der Waals surface area contributed by atoms with Gasteiger partial charge in [-0.3, -0.25) is 15.1 Å². The highest BCUT2D eigenvalue weighted by molar-refractivity contribution is 7.94. The summed E-state index contributed by atoms with van der Waals surface area (Å²) in [6.07, 6.45) is 1.35. The van der Waals surface area contributed by atoms with Crippen LogP contribution in [0.2, 0.25) is 0 Å². The second-order valence-electron chi connectivity index (χ2n) is 6.56. The van der Waals surface area contributed by atoms with Crippen LogP contribution in [0.5, 0.6) is 5.75 Å². The molecule has 0 radical (unpaired) electrons. The number of hydrogen-bond acceptors (Lipinski definition) is 7. The van der Waals surface area contributed by atoms with Gasteiger partial charge in [0.1, 0.15) is 5.75 Å². The number of aliphatic imine (C=N–C) groups is 1. The molecule has 0 amide bonds. The molecule has 3 rings (SSSR count). The van der Waals surface area contributed by atoms with E-state index in [1.54, 1.807) is 24.3 Å². The van der Waals surface area contributed by atoms with E-state index < -0.39 is 19.7 Å². The average molecular weight is 430 g/mol. The van der Waals surface area contributed by atoms with Gasteiger partial charge in [-0.1, -0.05) is 12.1 Å². The quantitative estimate of drug-likeness (QED) is 0.378. The molecule has 0 saturated heterocycles. The summed E-state index contributed by atoms with van der Waals surface area (Å²) < 4.78 is 33.5. The minimum atomic E-state index is -3.91. The van der Waals surface area contributed by atoms with Gasteiger partial charge in [0, 0.05) is 31.4 Å². The van der Waals surface area contributed by atoms with E-state index in [1.165, 1.54) is 37.6 Å². The van der Waals surface area contributed by atoms with Crippen molar-refractivity contribution in [2.24, 2.45) is 9.39 Å². The van der Waals surface area contributed by atoms with Gasteiger partial charge >= 0.3 is 0 Å². The number of methoxy groups -OCH3 is 1. The predicted molar refractivity (Wildman–Crippen MR) is 115 cm³/mol. The molecule has 1 heterocycles. The average Bonchev–Trinajstić information content (AvgIpc) is 2.75. The van der Waals surface area contributed by atoms with E-state index in [1.807, 2.05) is 18.7 Å². The molecule has 2 aromatic carbocycles. The summed E-state index contributed by atoms with van der Waals surface area (Å²) in [6.45, 7) is 4.99. The first-order valence-electron chi connectivity index (χ1n) is 9.33. The van der Waals surface area contributed by atoms with Crippen LogP contribution in [0.3, 0.4) is 0 Å². The van der Waals surface area contributed by atoms with Crippen LogP contribution in [0, 0.1) is 10.1 Å². The lowest BCUT2D eigenvalue weighted by atomic mass is 9.96.